The van der Waals surface area contributed by atoms with Crippen molar-refractivity contribution in [2.24, 2.45) is 0 Å². The molecular formula is C24H18ClNO3. The van der Waals surface area contributed by atoms with Gasteiger partial charge in [0.05, 0.1) is 17.1 Å². The lowest BCUT2D eigenvalue weighted by molar-refractivity contribution is 0.0946. The van der Waals surface area contributed by atoms with Gasteiger partial charge in [0.15, 0.2) is 5.78 Å². The Hall–Kier alpha value is -3.55. The van der Waals surface area contributed by atoms with Crippen LogP contribution in [0.3, 0.4) is 0 Å². The third-order valence-electron chi connectivity index (χ3n) is 4.05. The molecule has 0 unspecified atom stereocenters. The molecule has 0 spiro atoms. The number of hydrogen-bond acceptors (Lipinski definition) is 3. The van der Waals surface area contributed by atoms with Gasteiger partial charge in [-0.2, -0.15) is 0 Å². The molecule has 0 fully saturated rings. The van der Waals surface area contributed by atoms with Crippen LogP contribution < -0.4 is 10.1 Å². The van der Waals surface area contributed by atoms with Gasteiger partial charge in [0.1, 0.15) is 12.4 Å². The summed E-state index contributed by atoms with van der Waals surface area (Å²) in [6, 6.07) is 22.7. The van der Waals surface area contributed by atoms with Gasteiger partial charge in [-0.25, -0.2) is 0 Å². The van der Waals surface area contributed by atoms with Crippen molar-refractivity contribution in [1.82, 2.24) is 5.32 Å². The van der Waals surface area contributed by atoms with Crippen molar-refractivity contribution >= 4 is 23.3 Å². The molecule has 3 rings (SSSR count). The third kappa shape index (κ3) is 5.47. The second-order valence-electron chi connectivity index (χ2n) is 6.00. The maximum atomic E-state index is 12.7. The van der Waals surface area contributed by atoms with E-state index in [1.165, 1.54) is 0 Å². The Kier molecular flexibility index (Phi) is 7.05. The SMILES string of the molecule is O=C(NCC#CCOc1ccccc1Cl)c1ccccc1C(=O)c1ccccc1. The lowest BCUT2D eigenvalue weighted by Crippen LogP contribution is -2.25. The minimum atomic E-state index is -0.355. The maximum absolute atomic E-state index is 12.7. The molecule has 1 N–H and O–H groups in total. The number of ketones is 1. The molecule has 3 aromatic rings. The number of halogens is 1. The summed E-state index contributed by atoms with van der Waals surface area (Å²) in [5, 5.41) is 3.23. The molecule has 5 heteroatoms. The molecule has 1 amide bonds. The number of para-hydroxylation sites is 1. The molecule has 3 aromatic carbocycles. The van der Waals surface area contributed by atoms with Crippen LogP contribution in [0.5, 0.6) is 5.75 Å². The lowest BCUT2D eigenvalue weighted by Gasteiger charge is -2.08. The summed E-state index contributed by atoms with van der Waals surface area (Å²) in [5.41, 5.74) is 1.20. The van der Waals surface area contributed by atoms with E-state index in [1.54, 1.807) is 60.7 Å². The number of nitrogens with one attached hydrogen (secondary N) is 1. The monoisotopic (exact) mass is 403 g/mol. The van der Waals surface area contributed by atoms with Crippen LogP contribution in [0.25, 0.3) is 0 Å². The zero-order valence-corrected chi connectivity index (χ0v) is 16.3. The van der Waals surface area contributed by atoms with Gasteiger partial charge in [-0.15, -0.1) is 0 Å². The van der Waals surface area contributed by atoms with Gasteiger partial charge >= 0.3 is 0 Å². The van der Waals surface area contributed by atoms with E-state index in [-0.39, 0.29) is 24.8 Å². The highest BCUT2D eigenvalue weighted by molar-refractivity contribution is 6.32. The second-order valence-corrected chi connectivity index (χ2v) is 6.40. The van der Waals surface area contributed by atoms with Crippen molar-refractivity contribution in [2.45, 2.75) is 0 Å². The smallest absolute Gasteiger partial charge is 0.252 e. The number of rotatable bonds is 6. The highest BCUT2D eigenvalue weighted by Crippen LogP contribution is 2.22. The molecule has 4 nitrogen and oxygen atoms in total. The number of carbonyl (C=O) groups excluding carboxylic acids is 2. The van der Waals surface area contributed by atoms with Crippen molar-refractivity contribution in [3.63, 3.8) is 0 Å². The Balaban J connectivity index is 1.58. The topological polar surface area (TPSA) is 55.4 Å². The molecule has 0 aliphatic heterocycles. The predicted octanol–water partition coefficient (Wildman–Crippen LogP) is 4.38. The first-order chi connectivity index (χ1) is 14.2. The summed E-state index contributed by atoms with van der Waals surface area (Å²) in [4.78, 5) is 25.2. The van der Waals surface area contributed by atoms with E-state index in [4.69, 9.17) is 16.3 Å². The first kappa shape index (κ1) is 20.2. The minimum Gasteiger partial charge on any atom is -0.479 e. The van der Waals surface area contributed by atoms with Crippen LogP contribution >= 0.6 is 11.6 Å². The van der Waals surface area contributed by atoms with Crippen LogP contribution in [0.4, 0.5) is 0 Å². The summed E-state index contributed by atoms with van der Waals surface area (Å²) >= 11 is 6.00. The fourth-order valence-corrected chi connectivity index (χ4v) is 2.82. The van der Waals surface area contributed by atoms with Crippen LogP contribution in [-0.4, -0.2) is 24.8 Å². The van der Waals surface area contributed by atoms with Crippen LogP contribution in [0.2, 0.25) is 5.02 Å². The number of benzene rings is 3. The molecule has 144 valence electrons. The molecule has 0 atom stereocenters. The van der Waals surface area contributed by atoms with E-state index in [9.17, 15) is 9.59 Å². The predicted molar refractivity (Wildman–Crippen MR) is 113 cm³/mol. The summed E-state index contributed by atoms with van der Waals surface area (Å²) in [7, 11) is 0. The number of carbonyl (C=O) groups is 2. The Morgan fingerprint density at radius 2 is 1.48 bits per heavy atom. The normalized spacial score (nSPS) is 9.83. The van der Waals surface area contributed by atoms with E-state index < -0.39 is 0 Å². The van der Waals surface area contributed by atoms with Crippen molar-refractivity contribution in [1.29, 1.82) is 0 Å². The van der Waals surface area contributed by atoms with E-state index in [0.717, 1.165) is 0 Å². The molecule has 0 saturated carbocycles. The van der Waals surface area contributed by atoms with E-state index in [2.05, 4.69) is 17.2 Å². The van der Waals surface area contributed by atoms with Crippen molar-refractivity contribution in [3.05, 3.63) is 101 Å². The van der Waals surface area contributed by atoms with Crippen molar-refractivity contribution < 1.29 is 14.3 Å². The Morgan fingerprint density at radius 1 is 0.828 bits per heavy atom. The Bertz CT molecular complexity index is 1070. The molecule has 0 aliphatic carbocycles. The number of hydrogen-bond donors (Lipinski definition) is 1. The molecular weight excluding hydrogens is 386 g/mol. The van der Waals surface area contributed by atoms with Gasteiger partial charge in [0.25, 0.3) is 5.91 Å². The van der Waals surface area contributed by atoms with Crippen LogP contribution in [0, 0.1) is 11.8 Å². The second kappa shape index (κ2) is 10.1. The Morgan fingerprint density at radius 3 is 2.24 bits per heavy atom. The third-order valence-corrected chi connectivity index (χ3v) is 4.36. The molecule has 0 aliphatic rings. The summed E-state index contributed by atoms with van der Waals surface area (Å²) < 4.78 is 5.47. The van der Waals surface area contributed by atoms with Crippen LogP contribution in [0.15, 0.2) is 78.9 Å². The highest BCUT2D eigenvalue weighted by Gasteiger charge is 2.17. The first-order valence-corrected chi connectivity index (χ1v) is 9.34. The minimum absolute atomic E-state index is 0.137. The summed E-state index contributed by atoms with van der Waals surface area (Å²) in [6.45, 7) is 0.293. The molecule has 0 bridgehead atoms. The van der Waals surface area contributed by atoms with Gasteiger partial charge in [-0.3, -0.25) is 9.59 Å². The summed E-state index contributed by atoms with van der Waals surface area (Å²) in [5.74, 6) is 5.64. The fourth-order valence-electron chi connectivity index (χ4n) is 2.63. The largest absolute Gasteiger partial charge is 0.479 e. The zero-order chi connectivity index (χ0) is 20.5. The van der Waals surface area contributed by atoms with Gasteiger partial charge < -0.3 is 10.1 Å². The van der Waals surface area contributed by atoms with Crippen molar-refractivity contribution in [3.8, 4) is 17.6 Å². The molecule has 29 heavy (non-hydrogen) atoms. The lowest BCUT2D eigenvalue weighted by atomic mass is 9.98. The number of ether oxygens (including phenoxy) is 1. The zero-order valence-electron chi connectivity index (χ0n) is 15.5. The first-order valence-electron chi connectivity index (χ1n) is 8.97. The van der Waals surface area contributed by atoms with E-state index in [1.807, 2.05) is 18.2 Å². The van der Waals surface area contributed by atoms with Crippen LogP contribution in [-0.2, 0) is 0 Å². The molecule has 0 saturated heterocycles. The average Bonchev–Trinajstić information content (AvgIpc) is 2.77. The number of amides is 1. The Labute approximate surface area is 174 Å². The van der Waals surface area contributed by atoms with E-state index in [0.29, 0.717) is 27.5 Å². The van der Waals surface area contributed by atoms with Gasteiger partial charge in [0.2, 0.25) is 0 Å². The summed E-state index contributed by atoms with van der Waals surface area (Å²) in [6.07, 6.45) is 0. The molecule has 0 heterocycles. The molecule has 0 aromatic heterocycles. The van der Waals surface area contributed by atoms with Gasteiger partial charge in [-0.1, -0.05) is 84.1 Å². The molecule has 0 radical (unpaired) electrons. The van der Waals surface area contributed by atoms with E-state index >= 15 is 0 Å². The van der Waals surface area contributed by atoms with Crippen molar-refractivity contribution in [2.75, 3.05) is 13.2 Å². The van der Waals surface area contributed by atoms with Gasteiger partial charge in [0, 0.05) is 11.1 Å². The van der Waals surface area contributed by atoms with Crippen LogP contribution in [0.1, 0.15) is 26.3 Å². The maximum Gasteiger partial charge on any atom is 0.252 e. The average molecular weight is 404 g/mol. The quantitative estimate of drug-likeness (QED) is 0.490. The standard InChI is InChI=1S/C24H18ClNO3/c25-21-14-6-7-15-22(21)29-17-9-8-16-26-24(28)20-13-5-4-12-19(20)23(27)18-10-2-1-3-11-18/h1-7,10-15H,16-17H2,(H,26,28). The highest BCUT2D eigenvalue weighted by atomic mass is 35.5. The fraction of sp³-hybridized carbons (Fsp3) is 0.0833. The van der Waals surface area contributed by atoms with Gasteiger partial charge in [-0.05, 0) is 18.2 Å².